The Hall–Kier alpha value is -4.01. The van der Waals surface area contributed by atoms with Crippen molar-refractivity contribution < 1.29 is 31.9 Å². The van der Waals surface area contributed by atoms with Gasteiger partial charge in [0.1, 0.15) is 22.8 Å². The van der Waals surface area contributed by atoms with Gasteiger partial charge in [0.05, 0.1) is 12.6 Å². The Labute approximate surface area is 187 Å². The average molecular weight is 456 g/mol. The number of benzene rings is 2. The minimum absolute atomic E-state index is 0.161. The Bertz CT molecular complexity index is 1190. The molecule has 3 heterocycles. The number of rotatable bonds is 3. The van der Waals surface area contributed by atoms with E-state index in [1.807, 2.05) is 36.4 Å². The predicted octanol–water partition coefficient (Wildman–Crippen LogP) is 5.67. The maximum absolute atomic E-state index is 12.4. The molecule has 1 aliphatic rings. The highest BCUT2D eigenvalue weighted by molar-refractivity contribution is 5.96. The number of para-hydroxylation sites is 2. The third-order valence-corrected chi connectivity index (χ3v) is 4.73. The second-order valence-corrected chi connectivity index (χ2v) is 7.06. The van der Waals surface area contributed by atoms with Gasteiger partial charge in [0.25, 0.3) is 5.91 Å². The van der Waals surface area contributed by atoms with E-state index in [2.05, 4.69) is 15.0 Å². The van der Waals surface area contributed by atoms with Crippen molar-refractivity contribution in [1.82, 2.24) is 10.3 Å². The summed E-state index contributed by atoms with van der Waals surface area (Å²) in [6.07, 6.45) is -2.20. The lowest BCUT2D eigenvalue weighted by atomic mass is 10.1. The fourth-order valence-electron chi connectivity index (χ4n) is 3.30. The molecule has 33 heavy (non-hydrogen) atoms. The Morgan fingerprint density at radius 3 is 2.55 bits per heavy atom. The first kappa shape index (κ1) is 22.2. The number of nitrogens with zero attached hydrogens (tertiary/aromatic N) is 1. The molecule has 0 saturated carbocycles. The van der Waals surface area contributed by atoms with Crippen molar-refractivity contribution in [2.45, 2.75) is 18.8 Å². The molecule has 5 rings (SSSR count). The lowest BCUT2D eigenvalue weighted by Gasteiger charge is -2.25. The van der Waals surface area contributed by atoms with Crippen LogP contribution in [0.25, 0.3) is 11.0 Å². The minimum Gasteiger partial charge on any atom is -0.491 e. The summed E-state index contributed by atoms with van der Waals surface area (Å²) in [5.41, 5.74) is 1.47. The zero-order valence-corrected chi connectivity index (χ0v) is 17.2. The molecule has 4 aromatic rings. The van der Waals surface area contributed by atoms with Gasteiger partial charge in [0.15, 0.2) is 5.76 Å². The zero-order chi connectivity index (χ0) is 23.3. The summed E-state index contributed by atoms with van der Waals surface area (Å²) < 4.78 is 49.3. The third kappa shape index (κ3) is 5.82. The molecule has 2 aromatic carbocycles. The molecule has 0 spiro atoms. The van der Waals surface area contributed by atoms with Gasteiger partial charge in [0.2, 0.25) is 0 Å². The predicted molar refractivity (Wildman–Crippen MR) is 114 cm³/mol. The topological polar surface area (TPSA) is 73.6 Å². The van der Waals surface area contributed by atoms with E-state index in [1.54, 1.807) is 18.3 Å². The fourth-order valence-corrected chi connectivity index (χ4v) is 3.30. The van der Waals surface area contributed by atoms with E-state index >= 15 is 0 Å². The number of pyridine rings is 1. The van der Waals surface area contributed by atoms with E-state index in [9.17, 15) is 18.0 Å². The molecular weight excluding hydrogens is 437 g/mol. The van der Waals surface area contributed by atoms with Crippen molar-refractivity contribution in [1.29, 1.82) is 0 Å². The smallest absolute Gasteiger partial charge is 0.491 e. The van der Waals surface area contributed by atoms with Crippen LogP contribution in [0.15, 0.2) is 83.4 Å². The summed E-state index contributed by atoms with van der Waals surface area (Å²) in [6.45, 7) is 0.559. The molecule has 9 heteroatoms. The Balaban J connectivity index is 0.000000200. The summed E-state index contributed by atoms with van der Waals surface area (Å²) in [5, 5.41) is 3.89. The van der Waals surface area contributed by atoms with Gasteiger partial charge in [-0.05, 0) is 36.4 Å². The number of fused-ring (bicyclic) bond motifs is 2. The van der Waals surface area contributed by atoms with Crippen molar-refractivity contribution in [2.75, 3.05) is 6.61 Å². The van der Waals surface area contributed by atoms with Crippen molar-refractivity contribution in [3.05, 3.63) is 90.4 Å². The Morgan fingerprint density at radius 2 is 1.79 bits per heavy atom. The van der Waals surface area contributed by atoms with Gasteiger partial charge in [-0.1, -0.05) is 36.4 Å². The summed E-state index contributed by atoms with van der Waals surface area (Å²) >= 11 is 0. The summed E-state index contributed by atoms with van der Waals surface area (Å²) in [6, 6.07) is 19.9. The van der Waals surface area contributed by atoms with Crippen LogP contribution in [0.4, 0.5) is 13.2 Å². The number of hydrogen-bond donors (Lipinski definition) is 1. The summed E-state index contributed by atoms with van der Waals surface area (Å²) in [5.74, 6) is 0.605. The molecule has 2 aromatic heterocycles. The normalized spacial score (nSPS) is 14.9. The molecule has 1 atom stereocenters. The van der Waals surface area contributed by atoms with E-state index in [1.165, 1.54) is 24.3 Å². The van der Waals surface area contributed by atoms with Crippen molar-refractivity contribution >= 4 is 16.9 Å². The Kier molecular flexibility index (Phi) is 6.48. The van der Waals surface area contributed by atoms with Gasteiger partial charge in [0, 0.05) is 18.0 Å². The molecule has 0 saturated heterocycles. The summed E-state index contributed by atoms with van der Waals surface area (Å²) in [7, 11) is 0. The molecule has 170 valence electrons. The van der Waals surface area contributed by atoms with Gasteiger partial charge in [-0.25, -0.2) is 0 Å². The van der Waals surface area contributed by atoms with E-state index < -0.39 is 6.36 Å². The van der Waals surface area contributed by atoms with Crippen LogP contribution in [-0.4, -0.2) is 23.9 Å². The van der Waals surface area contributed by atoms with Crippen molar-refractivity contribution in [3.63, 3.8) is 0 Å². The molecule has 0 fully saturated rings. The number of nitrogens with one attached hydrogen (secondary N) is 1. The lowest BCUT2D eigenvalue weighted by Crippen LogP contribution is -2.32. The van der Waals surface area contributed by atoms with E-state index in [0.717, 1.165) is 16.8 Å². The maximum Gasteiger partial charge on any atom is 0.573 e. The first-order chi connectivity index (χ1) is 15.9. The van der Waals surface area contributed by atoms with Crippen molar-refractivity contribution in [3.8, 4) is 11.5 Å². The molecule has 0 aliphatic carbocycles. The van der Waals surface area contributed by atoms with Gasteiger partial charge in [-0.15, -0.1) is 13.2 Å². The number of halogens is 3. The van der Waals surface area contributed by atoms with Gasteiger partial charge in [-0.2, -0.15) is 0 Å². The highest BCUT2D eigenvalue weighted by Gasteiger charge is 2.30. The quantitative estimate of drug-likeness (QED) is 0.430. The maximum atomic E-state index is 12.4. The van der Waals surface area contributed by atoms with Gasteiger partial charge < -0.3 is 19.2 Å². The second-order valence-electron chi connectivity index (χ2n) is 7.06. The first-order valence-corrected chi connectivity index (χ1v) is 10.1. The van der Waals surface area contributed by atoms with Crippen molar-refractivity contribution in [2.24, 2.45) is 0 Å². The van der Waals surface area contributed by atoms with Crippen LogP contribution in [0, 0.1) is 0 Å². The SMILES string of the molecule is FC(F)(F)Oc1ccccc1.O=C(NC1CCOc2cccnc21)c1cc2ccccc2o1. The highest BCUT2D eigenvalue weighted by atomic mass is 19.4. The first-order valence-electron chi connectivity index (χ1n) is 10.1. The lowest BCUT2D eigenvalue weighted by molar-refractivity contribution is -0.274. The highest BCUT2D eigenvalue weighted by Crippen LogP contribution is 2.30. The van der Waals surface area contributed by atoms with Gasteiger partial charge >= 0.3 is 6.36 Å². The minimum atomic E-state index is -4.60. The number of carbonyl (C=O) groups is 1. The summed E-state index contributed by atoms with van der Waals surface area (Å²) in [4.78, 5) is 16.7. The second kappa shape index (κ2) is 9.64. The van der Waals surface area contributed by atoms with Crippen LogP contribution in [0.2, 0.25) is 0 Å². The Morgan fingerprint density at radius 1 is 1.03 bits per heavy atom. The van der Waals surface area contributed by atoms with Crippen LogP contribution in [-0.2, 0) is 0 Å². The number of furan rings is 1. The molecule has 0 radical (unpaired) electrons. The largest absolute Gasteiger partial charge is 0.573 e. The fraction of sp³-hybridized carbons (Fsp3) is 0.167. The van der Waals surface area contributed by atoms with Crippen LogP contribution in [0.3, 0.4) is 0 Å². The van der Waals surface area contributed by atoms with E-state index in [-0.39, 0.29) is 17.7 Å². The molecule has 1 amide bonds. The number of ether oxygens (including phenoxy) is 2. The van der Waals surface area contributed by atoms with Crippen LogP contribution < -0.4 is 14.8 Å². The molecule has 6 nitrogen and oxygen atoms in total. The van der Waals surface area contributed by atoms with E-state index in [4.69, 9.17) is 9.15 Å². The number of amides is 1. The van der Waals surface area contributed by atoms with Crippen LogP contribution in [0.1, 0.15) is 28.7 Å². The number of alkyl halides is 3. The molecule has 1 aliphatic heterocycles. The van der Waals surface area contributed by atoms with E-state index in [0.29, 0.717) is 24.4 Å². The van der Waals surface area contributed by atoms with Gasteiger partial charge in [-0.3, -0.25) is 9.78 Å². The van der Waals surface area contributed by atoms with Crippen LogP contribution >= 0.6 is 0 Å². The number of hydrogen-bond acceptors (Lipinski definition) is 5. The zero-order valence-electron chi connectivity index (χ0n) is 17.2. The molecule has 0 bridgehead atoms. The average Bonchev–Trinajstić information content (AvgIpc) is 3.24. The number of aromatic nitrogens is 1. The standard InChI is InChI=1S/C17H14N2O3.C7H5F3O/c20-17(15-10-11-4-1-2-5-13(11)22-15)19-12-7-9-21-14-6-3-8-18-16(12)14;8-7(9,10)11-6-4-2-1-3-5-6/h1-6,8,10,12H,7,9H2,(H,19,20);1-5H. The number of carbonyl (C=O) groups excluding carboxylic acids is 1. The third-order valence-electron chi connectivity index (χ3n) is 4.73. The molecule has 1 unspecified atom stereocenters. The molecule has 1 N–H and O–H groups in total. The molecular formula is C24H19F3N2O4. The monoisotopic (exact) mass is 456 g/mol. The van der Waals surface area contributed by atoms with Crippen LogP contribution in [0.5, 0.6) is 11.5 Å².